The molecule has 1 aromatic carbocycles. The number of nitrogens with zero attached hydrogens (tertiary/aromatic N) is 3. The number of rotatable bonds is 5. The average Bonchev–Trinajstić information content (AvgIpc) is 3.17. The molecule has 5 nitrogen and oxygen atoms in total. The minimum atomic E-state index is -0.587. The molecule has 1 aromatic heterocycles. The fourth-order valence-corrected chi connectivity index (χ4v) is 5.85. The average molecular weight is 424 g/mol. The highest BCUT2D eigenvalue weighted by molar-refractivity contribution is 7.16. The molecule has 0 saturated heterocycles. The Labute approximate surface area is 182 Å². The van der Waals surface area contributed by atoms with Crippen LogP contribution in [-0.4, -0.2) is 36.0 Å². The van der Waals surface area contributed by atoms with Crippen LogP contribution < -0.4 is 9.80 Å². The summed E-state index contributed by atoms with van der Waals surface area (Å²) in [5.41, 5.74) is 4.38. The highest BCUT2D eigenvalue weighted by Crippen LogP contribution is 2.49. The van der Waals surface area contributed by atoms with E-state index in [4.69, 9.17) is 0 Å². The predicted octanol–water partition coefficient (Wildman–Crippen LogP) is 5.09. The largest absolute Gasteiger partial charge is 0.510 e. The number of hydrogen-bond donors (Lipinski definition) is 1. The Morgan fingerprint density at radius 1 is 1.27 bits per heavy atom. The lowest BCUT2D eigenvalue weighted by atomic mass is 9.77. The maximum atomic E-state index is 13.1. The molecule has 0 spiro atoms. The molecule has 0 radical (unpaired) electrons. The van der Waals surface area contributed by atoms with Gasteiger partial charge in [-0.3, -0.25) is 4.79 Å². The summed E-state index contributed by atoms with van der Waals surface area (Å²) >= 11 is 1.51. The number of hydrogen-bond acceptors (Lipinski definition) is 6. The molecule has 2 aliphatic rings. The van der Waals surface area contributed by atoms with Crippen molar-refractivity contribution in [3.63, 3.8) is 0 Å². The molecule has 2 aromatic rings. The highest BCUT2D eigenvalue weighted by atomic mass is 32.1. The summed E-state index contributed by atoms with van der Waals surface area (Å²) in [6, 6.07) is 8.28. The van der Waals surface area contributed by atoms with Crippen molar-refractivity contribution in [1.82, 2.24) is 4.98 Å². The summed E-state index contributed by atoms with van der Waals surface area (Å²) in [5, 5.41) is 11.8. The Morgan fingerprint density at radius 3 is 2.53 bits per heavy atom. The molecule has 0 bridgehead atoms. The number of carbonyl (C=O) groups excluding carboxylic acids is 1. The summed E-state index contributed by atoms with van der Waals surface area (Å²) in [6.45, 7) is 12.1. The minimum Gasteiger partial charge on any atom is -0.510 e. The zero-order valence-electron chi connectivity index (χ0n) is 18.5. The molecule has 2 heterocycles. The van der Waals surface area contributed by atoms with E-state index in [9.17, 15) is 9.90 Å². The van der Waals surface area contributed by atoms with Crippen molar-refractivity contribution in [3.8, 4) is 0 Å². The number of aliphatic hydroxyl groups excluding tert-OH is 1. The zero-order valence-corrected chi connectivity index (χ0v) is 19.3. The number of aromatic nitrogens is 1. The molecule has 0 saturated carbocycles. The second-order valence-electron chi connectivity index (χ2n) is 8.45. The first-order chi connectivity index (χ1) is 14.2. The molecule has 1 N–H and O–H groups in total. The fraction of sp³-hybridized carbons (Fsp3) is 0.417. The van der Waals surface area contributed by atoms with Crippen LogP contribution in [-0.2, 0) is 10.2 Å². The van der Waals surface area contributed by atoms with Gasteiger partial charge in [-0.15, -0.1) is 11.3 Å². The molecular weight excluding hydrogens is 394 g/mol. The van der Waals surface area contributed by atoms with Gasteiger partial charge in [-0.05, 0) is 38.5 Å². The molecule has 1 unspecified atom stereocenters. The summed E-state index contributed by atoms with van der Waals surface area (Å²) in [5.74, 6) is -0.459. The second kappa shape index (κ2) is 7.27. The first kappa shape index (κ1) is 20.7. The smallest absolute Gasteiger partial charge is 0.185 e. The molecule has 0 amide bonds. The van der Waals surface area contributed by atoms with Crippen molar-refractivity contribution in [3.05, 3.63) is 63.5 Å². The first-order valence-electron chi connectivity index (χ1n) is 10.5. The molecule has 1 aliphatic heterocycles. The number of fused-ring (bicyclic) bond motifs is 1. The zero-order chi connectivity index (χ0) is 21.8. The molecule has 1 aliphatic carbocycles. The Hall–Kier alpha value is -2.60. The summed E-state index contributed by atoms with van der Waals surface area (Å²) in [6.07, 6.45) is 1.87. The number of para-hydroxylation sites is 1. The van der Waals surface area contributed by atoms with Crippen LogP contribution in [0.25, 0.3) is 0 Å². The SMILES string of the molecule is CCN(CC)c1nc(C)c(C2C(=O)C(/C=C3\N(C)c4ccccc4C3(C)C)=C2O)s1. The third-order valence-corrected chi connectivity index (χ3v) is 7.70. The summed E-state index contributed by atoms with van der Waals surface area (Å²) in [4.78, 5) is 22.9. The molecule has 158 valence electrons. The highest BCUT2D eigenvalue weighted by Gasteiger charge is 2.45. The van der Waals surface area contributed by atoms with Crippen molar-refractivity contribution in [2.75, 3.05) is 29.9 Å². The number of carbonyl (C=O) groups is 1. The van der Waals surface area contributed by atoms with Crippen molar-refractivity contribution in [2.45, 2.75) is 46.0 Å². The van der Waals surface area contributed by atoms with Gasteiger partial charge in [0.1, 0.15) is 11.7 Å². The number of thiazole rings is 1. The standard InChI is InChI=1S/C24H29N3O2S/c1-7-27(8-2)23-25-14(3)22(30-23)19-20(28)15(21(19)29)13-18-24(4,5)16-11-9-10-12-17(16)26(18)6/h9-13,19,28H,7-8H2,1-6H3/b18-13-. The van der Waals surface area contributed by atoms with Gasteiger partial charge in [0.05, 0.1) is 11.3 Å². The van der Waals surface area contributed by atoms with Crippen molar-refractivity contribution in [1.29, 1.82) is 0 Å². The molecule has 1 atom stereocenters. The maximum Gasteiger partial charge on any atom is 0.185 e. The Balaban J connectivity index is 1.70. The lowest BCUT2D eigenvalue weighted by Crippen LogP contribution is -2.31. The number of likely N-dealkylation sites (N-methyl/N-ethyl adjacent to an activating group) is 1. The van der Waals surface area contributed by atoms with E-state index in [1.54, 1.807) is 0 Å². The van der Waals surface area contributed by atoms with Crippen molar-refractivity contribution >= 4 is 27.9 Å². The van der Waals surface area contributed by atoms with E-state index in [2.05, 4.69) is 54.6 Å². The van der Waals surface area contributed by atoms with Crippen LogP contribution in [0, 0.1) is 6.92 Å². The number of ketones is 1. The van der Waals surface area contributed by atoms with Gasteiger partial charge >= 0.3 is 0 Å². The van der Waals surface area contributed by atoms with E-state index in [1.807, 2.05) is 32.2 Å². The van der Waals surface area contributed by atoms with Gasteiger partial charge in [-0.2, -0.15) is 0 Å². The van der Waals surface area contributed by atoms with E-state index in [1.165, 1.54) is 16.9 Å². The second-order valence-corrected chi connectivity index (χ2v) is 9.45. The van der Waals surface area contributed by atoms with E-state index < -0.39 is 5.92 Å². The van der Waals surface area contributed by atoms with Crippen LogP contribution >= 0.6 is 11.3 Å². The van der Waals surface area contributed by atoms with Gasteiger partial charge in [-0.25, -0.2) is 4.98 Å². The van der Waals surface area contributed by atoms with Crippen LogP contribution in [0.1, 0.15) is 49.7 Å². The fourth-order valence-electron chi connectivity index (χ4n) is 4.56. The molecule has 30 heavy (non-hydrogen) atoms. The van der Waals surface area contributed by atoms with Gasteiger partial charge in [0.15, 0.2) is 10.9 Å². The quantitative estimate of drug-likeness (QED) is 0.726. The third kappa shape index (κ3) is 2.88. The van der Waals surface area contributed by atoms with Gasteiger partial charge in [-0.1, -0.05) is 32.0 Å². The number of aryl methyl sites for hydroxylation is 1. The Bertz CT molecular complexity index is 1080. The first-order valence-corrected chi connectivity index (χ1v) is 11.3. The lowest BCUT2D eigenvalue weighted by molar-refractivity contribution is -0.118. The van der Waals surface area contributed by atoms with Crippen LogP contribution in [0.2, 0.25) is 0 Å². The molecule has 4 rings (SSSR count). The van der Waals surface area contributed by atoms with Gasteiger partial charge in [0.2, 0.25) is 0 Å². The maximum absolute atomic E-state index is 13.1. The van der Waals surface area contributed by atoms with Crippen LogP contribution in [0.3, 0.4) is 0 Å². The molecular formula is C24H29N3O2S. The summed E-state index contributed by atoms with van der Waals surface area (Å²) in [7, 11) is 2.02. The number of anilines is 2. The van der Waals surface area contributed by atoms with Gasteiger partial charge in [0.25, 0.3) is 0 Å². The number of aliphatic hydroxyl groups is 1. The number of allylic oxidation sites excluding steroid dienone is 4. The topological polar surface area (TPSA) is 56.7 Å². The van der Waals surface area contributed by atoms with E-state index in [0.29, 0.717) is 5.57 Å². The van der Waals surface area contributed by atoms with Gasteiger partial charge < -0.3 is 14.9 Å². The normalized spacial score (nSPS) is 21.3. The monoisotopic (exact) mass is 423 g/mol. The van der Waals surface area contributed by atoms with E-state index in [0.717, 1.165) is 40.2 Å². The summed E-state index contributed by atoms with van der Waals surface area (Å²) < 4.78 is 0. The lowest BCUT2D eigenvalue weighted by Gasteiger charge is -2.29. The van der Waals surface area contributed by atoms with Crippen molar-refractivity contribution in [2.24, 2.45) is 0 Å². The molecule has 6 heteroatoms. The van der Waals surface area contributed by atoms with E-state index >= 15 is 0 Å². The van der Waals surface area contributed by atoms with Crippen LogP contribution in [0.5, 0.6) is 0 Å². The predicted molar refractivity (Wildman–Crippen MR) is 124 cm³/mol. The number of Topliss-reactive ketones (excluding diaryl/α,β-unsaturated/α-hetero) is 1. The number of benzene rings is 1. The third-order valence-electron chi connectivity index (χ3n) is 6.42. The van der Waals surface area contributed by atoms with E-state index in [-0.39, 0.29) is 17.0 Å². The molecule has 0 fully saturated rings. The van der Waals surface area contributed by atoms with Crippen molar-refractivity contribution < 1.29 is 9.90 Å². The Kier molecular flexibility index (Phi) is 5.01. The van der Waals surface area contributed by atoms with Crippen LogP contribution in [0.15, 0.2) is 47.4 Å². The Morgan fingerprint density at radius 2 is 1.93 bits per heavy atom. The van der Waals surface area contributed by atoms with Crippen LogP contribution in [0.4, 0.5) is 10.8 Å². The van der Waals surface area contributed by atoms with Gasteiger partial charge in [0, 0.05) is 41.8 Å². The minimum absolute atomic E-state index is 0.0296.